The van der Waals surface area contributed by atoms with E-state index in [1.807, 2.05) is 23.6 Å². The molecule has 2 aliphatic rings. The van der Waals surface area contributed by atoms with Crippen molar-refractivity contribution in [3.05, 3.63) is 53.5 Å². The number of halogens is 1. The zero-order chi connectivity index (χ0) is 22.2. The first kappa shape index (κ1) is 20.7. The Labute approximate surface area is 185 Å². The van der Waals surface area contributed by atoms with Gasteiger partial charge in [0, 0.05) is 24.4 Å². The molecule has 7 nitrogen and oxygen atoms in total. The molecule has 0 N–H and O–H groups in total. The van der Waals surface area contributed by atoms with Crippen molar-refractivity contribution in [2.24, 2.45) is 11.8 Å². The maximum atomic E-state index is 14.2. The van der Waals surface area contributed by atoms with Crippen LogP contribution in [0.3, 0.4) is 0 Å². The molecule has 2 fully saturated rings. The van der Waals surface area contributed by atoms with Crippen LogP contribution in [0.25, 0.3) is 11.0 Å². The van der Waals surface area contributed by atoms with Gasteiger partial charge in [-0.3, -0.25) is 9.63 Å². The zero-order valence-electron chi connectivity index (χ0n) is 18.0. The number of aryl methyl sites for hydroxylation is 1. The van der Waals surface area contributed by atoms with E-state index in [0.29, 0.717) is 35.7 Å². The first-order valence-electron chi connectivity index (χ1n) is 11.1. The first-order valence-corrected chi connectivity index (χ1v) is 11.1. The van der Waals surface area contributed by atoms with Crippen LogP contribution in [-0.2, 0) is 16.2 Å². The van der Waals surface area contributed by atoms with E-state index in [1.54, 1.807) is 23.7 Å². The number of nitriles is 1. The smallest absolute Gasteiger partial charge is 0.249 e. The molecule has 0 bridgehead atoms. The SMILES string of the molecule is Cc1cc([C@@H]2CCON2C(=O)[C@H]2CC[C@H](Cn3cnc4c(F)cc(C#N)cc43)CC2)co1. The van der Waals surface area contributed by atoms with Gasteiger partial charge < -0.3 is 8.98 Å². The van der Waals surface area contributed by atoms with Crippen LogP contribution in [0, 0.1) is 35.9 Å². The molecular weight excluding hydrogens is 411 g/mol. The summed E-state index contributed by atoms with van der Waals surface area (Å²) in [6.45, 7) is 3.12. The van der Waals surface area contributed by atoms with E-state index in [2.05, 4.69) is 4.98 Å². The van der Waals surface area contributed by atoms with Crippen LogP contribution >= 0.6 is 0 Å². The third-order valence-electron chi connectivity index (χ3n) is 6.72. The van der Waals surface area contributed by atoms with Gasteiger partial charge >= 0.3 is 0 Å². The Bertz CT molecular complexity index is 1190. The minimum Gasteiger partial charge on any atom is -0.469 e. The van der Waals surface area contributed by atoms with Crippen molar-refractivity contribution in [1.82, 2.24) is 14.6 Å². The highest BCUT2D eigenvalue weighted by atomic mass is 19.1. The number of aromatic nitrogens is 2. The number of benzene rings is 1. The fourth-order valence-electron chi connectivity index (χ4n) is 5.01. The van der Waals surface area contributed by atoms with Gasteiger partial charge in [-0.25, -0.2) is 14.4 Å². The summed E-state index contributed by atoms with van der Waals surface area (Å²) < 4.78 is 21.5. The van der Waals surface area contributed by atoms with Crippen LogP contribution in [-0.4, -0.2) is 27.1 Å². The van der Waals surface area contributed by atoms with E-state index in [9.17, 15) is 9.18 Å². The second kappa shape index (κ2) is 8.40. The Morgan fingerprint density at radius 3 is 2.78 bits per heavy atom. The summed E-state index contributed by atoms with van der Waals surface area (Å²) in [4.78, 5) is 23.1. The molecule has 1 aliphatic carbocycles. The number of rotatable bonds is 4. The lowest BCUT2D eigenvalue weighted by molar-refractivity contribution is -0.183. The van der Waals surface area contributed by atoms with Crippen molar-refractivity contribution in [3.8, 4) is 6.07 Å². The molecule has 1 amide bonds. The molecule has 1 aliphatic heterocycles. The van der Waals surface area contributed by atoms with Gasteiger partial charge in [0.1, 0.15) is 11.3 Å². The van der Waals surface area contributed by atoms with Gasteiger partial charge in [0.05, 0.1) is 42.4 Å². The highest BCUT2D eigenvalue weighted by Crippen LogP contribution is 2.37. The summed E-state index contributed by atoms with van der Waals surface area (Å²) in [7, 11) is 0. The molecule has 1 saturated carbocycles. The topological polar surface area (TPSA) is 84.3 Å². The molecule has 5 rings (SSSR count). The summed E-state index contributed by atoms with van der Waals surface area (Å²) in [5, 5.41) is 10.7. The van der Waals surface area contributed by atoms with Gasteiger partial charge in [-0.2, -0.15) is 5.26 Å². The maximum absolute atomic E-state index is 14.2. The van der Waals surface area contributed by atoms with E-state index < -0.39 is 5.82 Å². The molecule has 2 aromatic heterocycles. The van der Waals surface area contributed by atoms with Crippen molar-refractivity contribution < 1.29 is 18.4 Å². The fraction of sp³-hybridized carbons (Fsp3) is 0.458. The molecular formula is C24H25FN4O3. The van der Waals surface area contributed by atoms with E-state index in [4.69, 9.17) is 14.5 Å². The number of amides is 1. The predicted octanol–water partition coefficient (Wildman–Crippen LogP) is 4.66. The minimum atomic E-state index is -0.472. The summed E-state index contributed by atoms with van der Waals surface area (Å²) in [6.07, 6.45) is 7.52. The quantitative estimate of drug-likeness (QED) is 0.594. The second-order valence-electron chi connectivity index (χ2n) is 8.84. The number of fused-ring (bicyclic) bond motifs is 1. The number of hydrogen-bond donors (Lipinski definition) is 0. The number of hydroxylamine groups is 2. The van der Waals surface area contributed by atoms with Crippen molar-refractivity contribution in [2.75, 3.05) is 6.61 Å². The predicted molar refractivity (Wildman–Crippen MR) is 113 cm³/mol. The highest BCUT2D eigenvalue weighted by molar-refractivity contribution is 5.79. The van der Waals surface area contributed by atoms with Gasteiger partial charge in [-0.05, 0) is 56.7 Å². The minimum absolute atomic E-state index is 0.0537. The summed E-state index contributed by atoms with van der Waals surface area (Å²) in [5.74, 6) is 0.728. The van der Waals surface area contributed by atoms with Gasteiger partial charge in [-0.15, -0.1) is 0 Å². The average molecular weight is 436 g/mol. The molecule has 1 atom stereocenters. The molecule has 0 radical (unpaired) electrons. The standard InChI is InChI=1S/C24H25FN4O3/c1-15-8-19(13-31-15)21-6-7-32-29(21)24(30)18-4-2-16(3-5-18)12-28-14-27-23-20(25)9-17(11-26)10-22(23)28/h8-10,13-14,16,18,21H,2-7,12H2,1H3/t16-,18-,21-/m0/s1. The lowest BCUT2D eigenvalue weighted by atomic mass is 9.81. The van der Waals surface area contributed by atoms with Gasteiger partial charge in [-0.1, -0.05) is 0 Å². The normalized spacial score (nSPS) is 23.5. The lowest BCUT2D eigenvalue weighted by Gasteiger charge is -2.31. The van der Waals surface area contributed by atoms with E-state index in [-0.39, 0.29) is 17.9 Å². The number of imidazole rings is 1. The van der Waals surface area contributed by atoms with Gasteiger partial charge in [0.15, 0.2) is 5.82 Å². The molecule has 166 valence electrons. The van der Waals surface area contributed by atoms with E-state index in [1.165, 1.54) is 6.07 Å². The van der Waals surface area contributed by atoms with Crippen LogP contribution in [0.4, 0.5) is 4.39 Å². The molecule has 3 heterocycles. The molecule has 3 aromatic rings. The number of hydrogen-bond acceptors (Lipinski definition) is 5. The number of carbonyl (C=O) groups excluding carboxylic acids is 1. The van der Waals surface area contributed by atoms with Crippen LogP contribution in [0.5, 0.6) is 0 Å². The van der Waals surface area contributed by atoms with Crippen LogP contribution in [0.2, 0.25) is 0 Å². The molecule has 1 aromatic carbocycles. The summed E-state index contributed by atoms with van der Waals surface area (Å²) in [6, 6.07) is 6.78. The Morgan fingerprint density at radius 1 is 1.25 bits per heavy atom. The summed E-state index contributed by atoms with van der Waals surface area (Å²) >= 11 is 0. The Hall–Kier alpha value is -3.18. The highest BCUT2D eigenvalue weighted by Gasteiger charge is 2.37. The average Bonchev–Trinajstić information content (AvgIpc) is 3.54. The molecule has 32 heavy (non-hydrogen) atoms. The van der Waals surface area contributed by atoms with Crippen LogP contribution in [0.1, 0.15) is 55.0 Å². The van der Waals surface area contributed by atoms with Crippen LogP contribution in [0.15, 0.2) is 35.2 Å². The largest absolute Gasteiger partial charge is 0.469 e. The third-order valence-corrected chi connectivity index (χ3v) is 6.72. The number of furan rings is 1. The molecule has 0 unspecified atom stereocenters. The Morgan fingerprint density at radius 2 is 2.06 bits per heavy atom. The third kappa shape index (κ3) is 3.78. The van der Waals surface area contributed by atoms with Gasteiger partial charge in [0.2, 0.25) is 5.91 Å². The Balaban J connectivity index is 1.23. The van der Waals surface area contributed by atoms with Crippen molar-refractivity contribution >= 4 is 16.9 Å². The molecule has 1 saturated heterocycles. The first-order chi connectivity index (χ1) is 15.5. The lowest BCUT2D eigenvalue weighted by Crippen LogP contribution is -2.36. The number of nitrogens with zero attached hydrogens (tertiary/aromatic N) is 4. The second-order valence-corrected chi connectivity index (χ2v) is 8.84. The molecule has 8 heteroatoms. The monoisotopic (exact) mass is 436 g/mol. The Kier molecular flexibility index (Phi) is 5.43. The number of carbonyl (C=O) groups is 1. The fourth-order valence-corrected chi connectivity index (χ4v) is 5.01. The van der Waals surface area contributed by atoms with Gasteiger partial charge in [0.25, 0.3) is 0 Å². The van der Waals surface area contributed by atoms with Crippen molar-refractivity contribution in [3.63, 3.8) is 0 Å². The van der Waals surface area contributed by atoms with Crippen LogP contribution < -0.4 is 0 Å². The van der Waals surface area contributed by atoms with E-state index >= 15 is 0 Å². The van der Waals surface area contributed by atoms with Crippen molar-refractivity contribution in [2.45, 2.75) is 51.6 Å². The van der Waals surface area contributed by atoms with Crippen molar-refractivity contribution in [1.29, 1.82) is 5.26 Å². The summed E-state index contributed by atoms with van der Waals surface area (Å²) in [5.41, 5.74) is 2.21. The zero-order valence-corrected chi connectivity index (χ0v) is 18.0. The molecule has 0 spiro atoms. The van der Waals surface area contributed by atoms with E-state index in [0.717, 1.165) is 43.4 Å². The maximum Gasteiger partial charge on any atom is 0.249 e.